The summed E-state index contributed by atoms with van der Waals surface area (Å²) in [5.41, 5.74) is 1.26. The van der Waals surface area contributed by atoms with E-state index in [0.29, 0.717) is 22.0 Å². The highest BCUT2D eigenvalue weighted by Gasteiger charge is 2.60. The lowest BCUT2D eigenvalue weighted by atomic mass is 9.90. The van der Waals surface area contributed by atoms with Crippen LogP contribution >= 0.6 is 11.6 Å². The molecule has 0 saturated carbocycles. The Morgan fingerprint density at radius 1 is 0.875 bits per heavy atom. The highest BCUT2D eigenvalue weighted by Crippen LogP contribution is 2.49. The summed E-state index contributed by atoms with van der Waals surface area (Å²) >= 11 is 6.47. The van der Waals surface area contributed by atoms with Crippen LogP contribution in [-0.4, -0.2) is 22.8 Å². The van der Waals surface area contributed by atoms with Crippen molar-refractivity contribution in [1.82, 2.24) is 0 Å². The molecular formula is C23H16ClN3O5. The monoisotopic (exact) mass is 449 g/mol. The number of non-ortho nitro benzene ring substituents is 1. The van der Waals surface area contributed by atoms with Gasteiger partial charge in [-0.25, -0.2) is 9.96 Å². The quantitative estimate of drug-likeness (QED) is 0.335. The van der Waals surface area contributed by atoms with E-state index in [1.54, 1.807) is 60.7 Å². The maximum absolute atomic E-state index is 13.5. The molecule has 3 aromatic carbocycles. The Balaban J connectivity index is 1.62. The van der Waals surface area contributed by atoms with E-state index in [1.165, 1.54) is 23.3 Å². The molecule has 9 heteroatoms. The van der Waals surface area contributed by atoms with Gasteiger partial charge in [0.25, 0.3) is 11.6 Å². The van der Waals surface area contributed by atoms with Gasteiger partial charge >= 0.3 is 0 Å². The third kappa shape index (κ3) is 3.12. The Hall–Kier alpha value is -3.75. The van der Waals surface area contributed by atoms with E-state index in [2.05, 4.69) is 0 Å². The van der Waals surface area contributed by atoms with Crippen molar-refractivity contribution in [2.75, 3.05) is 9.96 Å². The second-order valence-electron chi connectivity index (χ2n) is 7.47. The predicted octanol–water partition coefficient (Wildman–Crippen LogP) is 4.30. The molecule has 2 fully saturated rings. The number of rotatable bonds is 4. The van der Waals surface area contributed by atoms with Gasteiger partial charge in [0, 0.05) is 17.2 Å². The van der Waals surface area contributed by atoms with Crippen LogP contribution in [0.15, 0.2) is 78.9 Å². The molecule has 0 aromatic heterocycles. The molecule has 0 N–H and O–H groups in total. The average molecular weight is 450 g/mol. The number of carbonyl (C=O) groups excluding carboxylic acids is 2. The first kappa shape index (κ1) is 20.2. The third-order valence-corrected chi connectivity index (χ3v) is 5.99. The minimum Gasteiger partial charge on any atom is -0.273 e. The molecule has 2 saturated heterocycles. The lowest BCUT2D eigenvalue weighted by molar-refractivity contribution is -0.384. The second kappa shape index (κ2) is 7.74. The molecule has 8 nitrogen and oxygen atoms in total. The van der Waals surface area contributed by atoms with Crippen molar-refractivity contribution in [3.63, 3.8) is 0 Å². The molecule has 0 spiro atoms. The Morgan fingerprint density at radius 2 is 1.56 bits per heavy atom. The molecule has 2 aliphatic heterocycles. The van der Waals surface area contributed by atoms with E-state index < -0.39 is 34.8 Å². The van der Waals surface area contributed by atoms with Crippen molar-refractivity contribution in [2.45, 2.75) is 12.1 Å². The van der Waals surface area contributed by atoms with Crippen molar-refractivity contribution in [3.05, 3.63) is 99.6 Å². The minimum absolute atomic E-state index is 0.135. The fourth-order valence-corrected chi connectivity index (χ4v) is 4.49. The van der Waals surface area contributed by atoms with Gasteiger partial charge in [0.15, 0.2) is 6.10 Å². The third-order valence-electron chi connectivity index (χ3n) is 5.65. The number of anilines is 2. The Morgan fingerprint density at radius 3 is 2.28 bits per heavy atom. The number of nitro benzene ring substituents is 1. The molecule has 0 radical (unpaired) electrons. The number of halogens is 1. The average Bonchev–Trinajstić information content (AvgIpc) is 3.31. The number of hydrogen-bond acceptors (Lipinski definition) is 6. The summed E-state index contributed by atoms with van der Waals surface area (Å²) in [5, 5.41) is 13.1. The lowest BCUT2D eigenvalue weighted by Gasteiger charge is -2.29. The van der Waals surface area contributed by atoms with Crippen LogP contribution in [0, 0.1) is 16.0 Å². The largest absolute Gasteiger partial charge is 0.273 e. The number of carbonyl (C=O) groups is 2. The summed E-state index contributed by atoms with van der Waals surface area (Å²) in [6, 6.07) is 20.7. The van der Waals surface area contributed by atoms with Gasteiger partial charge in [-0.15, -0.1) is 0 Å². The Labute approximate surface area is 187 Å². The molecule has 2 amide bonds. The van der Waals surface area contributed by atoms with E-state index in [4.69, 9.17) is 16.4 Å². The highest BCUT2D eigenvalue weighted by molar-refractivity contribution is 6.31. The smallest absolute Gasteiger partial charge is 0.271 e. The highest BCUT2D eigenvalue weighted by atomic mass is 35.5. The number of nitrogens with zero attached hydrogens (tertiary/aromatic N) is 3. The van der Waals surface area contributed by atoms with Crippen molar-refractivity contribution >= 4 is 40.5 Å². The van der Waals surface area contributed by atoms with E-state index in [1.807, 2.05) is 0 Å². The number of para-hydroxylation sites is 1. The molecule has 3 aromatic rings. The van der Waals surface area contributed by atoms with Gasteiger partial charge in [0.2, 0.25) is 5.91 Å². The van der Waals surface area contributed by atoms with E-state index in [0.717, 1.165) is 4.90 Å². The molecule has 5 rings (SSSR count). The van der Waals surface area contributed by atoms with Gasteiger partial charge in [-0.05, 0) is 29.8 Å². The zero-order valence-electron chi connectivity index (χ0n) is 16.5. The topological polar surface area (TPSA) is 93.0 Å². The van der Waals surface area contributed by atoms with E-state index in [9.17, 15) is 19.7 Å². The molecule has 32 heavy (non-hydrogen) atoms. The maximum Gasteiger partial charge on any atom is 0.271 e. The van der Waals surface area contributed by atoms with E-state index >= 15 is 0 Å². The number of hydrogen-bond donors (Lipinski definition) is 0. The van der Waals surface area contributed by atoms with E-state index in [-0.39, 0.29) is 5.69 Å². The Kier molecular flexibility index (Phi) is 4.88. The first-order valence-corrected chi connectivity index (χ1v) is 10.2. The van der Waals surface area contributed by atoms with Crippen molar-refractivity contribution in [3.8, 4) is 0 Å². The Bertz CT molecular complexity index is 1240. The predicted molar refractivity (Wildman–Crippen MR) is 117 cm³/mol. The molecular weight excluding hydrogens is 434 g/mol. The fourth-order valence-electron chi connectivity index (χ4n) is 4.24. The van der Waals surface area contributed by atoms with Crippen molar-refractivity contribution in [2.24, 2.45) is 5.92 Å². The van der Waals surface area contributed by atoms with Crippen molar-refractivity contribution in [1.29, 1.82) is 0 Å². The maximum atomic E-state index is 13.5. The number of imide groups is 1. The number of hydroxylamine groups is 1. The van der Waals surface area contributed by atoms with Gasteiger partial charge in [0.1, 0.15) is 5.92 Å². The van der Waals surface area contributed by atoms with Gasteiger partial charge < -0.3 is 0 Å². The van der Waals surface area contributed by atoms with Crippen LogP contribution in [0.2, 0.25) is 5.02 Å². The minimum atomic E-state index is -1.08. The summed E-state index contributed by atoms with van der Waals surface area (Å²) in [4.78, 5) is 44.6. The van der Waals surface area contributed by atoms with Gasteiger partial charge in [-0.3, -0.25) is 24.5 Å². The summed E-state index contributed by atoms with van der Waals surface area (Å²) in [7, 11) is 0. The van der Waals surface area contributed by atoms with Gasteiger partial charge in [-0.2, -0.15) is 0 Å². The number of nitro groups is 1. The standard InChI is InChI=1S/C23H16ClN3O5/c24-18-12-5-4-11-17(18)20-19-21(23(29)25(22(19)28)14-7-2-1-3-8-14)32-26(20)15-9-6-10-16(13-15)27(30)31/h1-13,19-21H/t19-,20-,21-/m1/s1. The zero-order valence-corrected chi connectivity index (χ0v) is 17.3. The second-order valence-corrected chi connectivity index (χ2v) is 7.88. The van der Waals surface area contributed by atoms with Gasteiger partial charge in [0.05, 0.1) is 22.3 Å². The lowest BCUT2D eigenvalue weighted by Crippen LogP contribution is -2.37. The molecule has 2 heterocycles. The van der Waals surface area contributed by atoms with Crippen molar-refractivity contribution < 1.29 is 19.3 Å². The molecule has 3 atom stereocenters. The SMILES string of the molecule is O=C1[C@@H]2[C@@H](c3ccccc3Cl)N(c3cccc([N+](=O)[O-])c3)O[C@H]2C(=O)N1c1ccccc1. The summed E-state index contributed by atoms with van der Waals surface area (Å²) in [5.74, 6) is -1.78. The molecule has 0 bridgehead atoms. The number of fused-ring (bicyclic) bond motifs is 1. The van der Waals surface area contributed by atoms with Crippen LogP contribution in [-0.2, 0) is 14.4 Å². The molecule has 0 unspecified atom stereocenters. The number of amides is 2. The number of benzene rings is 3. The summed E-state index contributed by atoms with van der Waals surface area (Å²) < 4.78 is 0. The first-order valence-electron chi connectivity index (χ1n) is 9.85. The van der Waals surface area contributed by atoms with Crippen LogP contribution in [0.5, 0.6) is 0 Å². The molecule has 0 aliphatic carbocycles. The molecule has 160 valence electrons. The summed E-state index contributed by atoms with van der Waals surface area (Å²) in [6.07, 6.45) is -1.08. The molecule has 2 aliphatic rings. The normalized spacial score (nSPS) is 22.3. The van der Waals surface area contributed by atoms with Crippen LogP contribution < -0.4 is 9.96 Å². The van der Waals surface area contributed by atoms with Gasteiger partial charge in [-0.1, -0.05) is 54.1 Å². The van der Waals surface area contributed by atoms with Crippen LogP contribution in [0.1, 0.15) is 11.6 Å². The fraction of sp³-hybridized carbons (Fsp3) is 0.130. The van der Waals surface area contributed by atoms with Crippen LogP contribution in [0.4, 0.5) is 17.1 Å². The zero-order chi connectivity index (χ0) is 22.4. The summed E-state index contributed by atoms with van der Waals surface area (Å²) in [6.45, 7) is 0. The van der Waals surface area contributed by atoms with Crippen LogP contribution in [0.3, 0.4) is 0 Å². The van der Waals surface area contributed by atoms with Crippen LogP contribution in [0.25, 0.3) is 0 Å². The first-order chi connectivity index (χ1) is 15.5.